The van der Waals surface area contributed by atoms with Crippen LogP contribution in [0.3, 0.4) is 0 Å². The Hall–Kier alpha value is -2.54. The fraction of sp³-hybridized carbons (Fsp3) is 0.278. The smallest absolute Gasteiger partial charge is 0.319 e. The second-order valence-electron chi connectivity index (χ2n) is 5.56. The zero-order chi connectivity index (χ0) is 18.3. The number of hydrogen-bond donors (Lipinski definition) is 2. The van der Waals surface area contributed by atoms with Gasteiger partial charge in [0.15, 0.2) is 0 Å². The molecule has 0 heterocycles. The van der Waals surface area contributed by atoms with Crippen molar-refractivity contribution in [2.75, 3.05) is 29.0 Å². The molecule has 7 heteroatoms. The molecule has 2 amide bonds. The number of benzene rings is 2. The molecule has 2 aromatic carbocycles. The summed E-state index contributed by atoms with van der Waals surface area (Å²) in [4.78, 5) is 11.9. The predicted molar refractivity (Wildman–Crippen MR) is 101 cm³/mol. The third-order valence-corrected chi connectivity index (χ3v) is 4.85. The fourth-order valence-corrected chi connectivity index (χ4v) is 3.44. The summed E-state index contributed by atoms with van der Waals surface area (Å²) in [5.74, 6) is 0. The average Bonchev–Trinajstić information content (AvgIpc) is 2.58. The zero-order valence-corrected chi connectivity index (χ0v) is 15.2. The summed E-state index contributed by atoms with van der Waals surface area (Å²) in [6.45, 7) is 2.34. The Bertz CT molecular complexity index is 807. The van der Waals surface area contributed by atoms with Gasteiger partial charge in [0.05, 0.1) is 18.5 Å². The number of para-hydroxylation sites is 2. The van der Waals surface area contributed by atoms with E-state index in [1.54, 1.807) is 18.2 Å². The SMILES string of the molecule is CCc1ccccc1N(CCNC(=O)Nc1ccccc1)S(C)(=O)=O. The maximum absolute atomic E-state index is 12.2. The third-order valence-electron chi connectivity index (χ3n) is 3.67. The van der Waals surface area contributed by atoms with E-state index in [-0.39, 0.29) is 19.1 Å². The normalized spacial score (nSPS) is 11.0. The van der Waals surface area contributed by atoms with Gasteiger partial charge >= 0.3 is 6.03 Å². The standard InChI is InChI=1S/C18H23N3O3S/c1-3-15-9-7-8-12-17(15)21(25(2,23)24)14-13-19-18(22)20-16-10-5-4-6-11-16/h4-12H,3,13-14H2,1-2H3,(H2,19,20,22). The maximum atomic E-state index is 12.2. The molecule has 25 heavy (non-hydrogen) atoms. The van der Waals surface area contributed by atoms with Crippen LogP contribution in [0.5, 0.6) is 0 Å². The number of nitrogens with zero attached hydrogens (tertiary/aromatic N) is 1. The molecule has 0 saturated carbocycles. The molecular formula is C18H23N3O3S. The van der Waals surface area contributed by atoms with E-state index in [9.17, 15) is 13.2 Å². The van der Waals surface area contributed by atoms with Gasteiger partial charge in [0.2, 0.25) is 10.0 Å². The largest absolute Gasteiger partial charge is 0.336 e. The summed E-state index contributed by atoms with van der Waals surface area (Å²) in [5, 5.41) is 5.38. The Morgan fingerprint density at radius 2 is 1.68 bits per heavy atom. The number of urea groups is 1. The van der Waals surface area contributed by atoms with Crippen LogP contribution in [-0.2, 0) is 16.4 Å². The van der Waals surface area contributed by atoms with Crippen LogP contribution in [0.15, 0.2) is 54.6 Å². The van der Waals surface area contributed by atoms with Gasteiger partial charge in [-0.15, -0.1) is 0 Å². The van der Waals surface area contributed by atoms with Gasteiger partial charge in [-0.1, -0.05) is 43.3 Å². The van der Waals surface area contributed by atoms with Gasteiger partial charge in [0, 0.05) is 12.2 Å². The summed E-state index contributed by atoms with van der Waals surface area (Å²) >= 11 is 0. The topological polar surface area (TPSA) is 78.5 Å². The molecule has 2 N–H and O–H groups in total. The summed E-state index contributed by atoms with van der Waals surface area (Å²) in [6, 6.07) is 16.1. The second kappa shape index (κ2) is 8.53. The first-order valence-electron chi connectivity index (χ1n) is 8.07. The molecule has 0 saturated heterocycles. The van der Waals surface area contributed by atoms with E-state index >= 15 is 0 Å². The van der Waals surface area contributed by atoms with Crippen molar-refractivity contribution in [3.05, 3.63) is 60.2 Å². The predicted octanol–water partition coefficient (Wildman–Crippen LogP) is 2.84. The number of carbonyl (C=O) groups is 1. The highest BCUT2D eigenvalue weighted by molar-refractivity contribution is 7.92. The van der Waals surface area contributed by atoms with Crippen molar-refractivity contribution in [2.24, 2.45) is 0 Å². The van der Waals surface area contributed by atoms with Gasteiger partial charge in [0.25, 0.3) is 0 Å². The number of aryl methyl sites for hydroxylation is 1. The molecule has 0 atom stereocenters. The number of amides is 2. The molecule has 0 fully saturated rings. The molecule has 0 bridgehead atoms. The molecule has 6 nitrogen and oxygen atoms in total. The highest BCUT2D eigenvalue weighted by atomic mass is 32.2. The summed E-state index contributed by atoms with van der Waals surface area (Å²) < 4.78 is 25.7. The van der Waals surface area contributed by atoms with Crippen molar-refractivity contribution < 1.29 is 13.2 Å². The Morgan fingerprint density at radius 1 is 1.04 bits per heavy atom. The second-order valence-corrected chi connectivity index (χ2v) is 7.47. The number of sulfonamides is 1. The van der Waals surface area contributed by atoms with E-state index in [1.807, 2.05) is 43.3 Å². The molecule has 0 aliphatic carbocycles. The fourth-order valence-electron chi connectivity index (χ4n) is 2.49. The summed E-state index contributed by atoms with van der Waals surface area (Å²) in [7, 11) is -3.45. The molecule has 134 valence electrons. The Balaban J connectivity index is 2.01. The van der Waals surface area contributed by atoms with Crippen LogP contribution in [0.25, 0.3) is 0 Å². The Labute approximate surface area is 148 Å². The number of rotatable bonds is 7. The molecule has 0 radical (unpaired) electrons. The molecule has 0 aliphatic rings. The van der Waals surface area contributed by atoms with E-state index in [0.717, 1.165) is 12.0 Å². The van der Waals surface area contributed by atoms with Crippen LogP contribution < -0.4 is 14.9 Å². The monoisotopic (exact) mass is 361 g/mol. The maximum Gasteiger partial charge on any atom is 0.319 e. The number of anilines is 2. The molecule has 0 spiro atoms. The van der Waals surface area contributed by atoms with Gasteiger partial charge in [-0.3, -0.25) is 4.31 Å². The van der Waals surface area contributed by atoms with Crippen LogP contribution in [0, 0.1) is 0 Å². The average molecular weight is 361 g/mol. The molecule has 0 aromatic heterocycles. The van der Waals surface area contributed by atoms with Crippen LogP contribution in [0.1, 0.15) is 12.5 Å². The molecule has 0 unspecified atom stereocenters. The van der Waals surface area contributed by atoms with Crippen molar-refractivity contribution in [3.63, 3.8) is 0 Å². The van der Waals surface area contributed by atoms with Crippen LogP contribution in [0.2, 0.25) is 0 Å². The first kappa shape index (κ1) is 18.8. The third kappa shape index (κ3) is 5.49. The van der Waals surface area contributed by atoms with Crippen molar-refractivity contribution in [1.29, 1.82) is 0 Å². The molecule has 2 rings (SSSR count). The van der Waals surface area contributed by atoms with E-state index < -0.39 is 10.0 Å². The minimum Gasteiger partial charge on any atom is -0.336 e. The van der Waals surface area contributed by atoms with Crippen molar-refractivity contribution in [3.8, 4) is 0 Å². The van der Waals surface area contributed by atoms with E-state index in [2.05, 4.69) is 10.6 Å². The van der Waals surface area contributed by atoms with E-state index in [4.69, 9.17) is 0 Å². The van der Waals surface area contributed by atoms with Crippen LogP contribution in [-0.4, -0.2) is 33.8 Å². The first-order valence-corrected chi connectivity index (χ1v) is 9.92. The minimum absolute atomic E-state index is 0.165. The lowest BCUT2D eigenvalue weighted by Crippen LogP contribution is -2.39. The van der Waals surface area contributed by atoms with Crippen molar-refractivity contribution in [2.45, 2.75) is 13.3 Å². The number of carbonyl (C=O) groups excluding carboxylic acids is 1. The number of hydrogen-bond acceptors (Lipinski definition) is 3. The van der Waals surface area contributed by atoms with Gasteiger partial charge < -0.3 is 10.6 Å². The van der Waals surface area contributed by atoms with Crippen LogP contribution in [0.4, 0.5) is 16.2 Å². The lowest BCUT2D eigenvalue weighted by Gasteiger charge is -2.25. The van der Waals surface area contributed by atoms with Crippen LogP contribution >= 0.6 is 0 Å². The van der Waals surface area contributed by atoms with Gasteiger partial charge in [-0.05, 0) is 30.2 Å². The molecule has 2 aromatic rings. The van der Waals surface area contributed by atoms with E-state index in [0.29, 0.717) is 11.4 Å². The zero-order valence-electron chi connectivity index (χ0n) is 14.4. The minimum atomic E-state index is -3.45. The van der Waals surface area contributed by atoms with Crippen molar-refractivity contribution in [1.82, 2.24) is 5.32 Å². The molecular weight excluding hydrogens is 338 g/mol. The lowest BCUT2D eigenvalue weighted by molar-refractivity contribution is 0.252. The lowest BCUT2D eigenvalue weighted by atomic mass is 10.1. The summed E-state index contributed by atoms with van der Waals surface area (Å²) in [6.07, 6.45) is 1.90. The quantitative estimate of drug-likeness (QED) is 0.796. The Kier molecular flexibility index (Phi) is 6.41. The van der Waals surface area contributed by atoms with Crippen molar-refractivity contribution >= 4 is 27.4 Å². The highest BCUT2D eigenvalue weighted by Crippen LogP contribution is 2.22. The number of nitrogens with one attached hydrogen (secondary N) is 2. The Morgan fingerprint density at radius 3 is 2.32 bits per heavy atom. The van der Waals surface area contributed by atoms with E-state index in [1.165, 1.54) is 10.6 Å². The molecule has 0 aliphatic heterocycles. The van der Waals surface area contributed by atoms with Gasteiger partial charge in [0.1, 0.15) is 0 Å². The summed E-state index contributed by atoms with van der Waals surface area (Å²) in [5.41, 5.74) is 2.27. The highest BCUT2D eigenvalue weighted by Gasteiger charge is 2.19. The van der Waals surface area contributed by atoms with Gasteiger partial charge in [-0.2, -0.15) is 0 Å². The van der Waals surface area contributed by atoms with Gasteiger partial charge in [-0.25, -0.2) is 13.2 Å². The first-order chi connectivity index (χ1) is 11.9.